The quantitative estimate of drug-likeness (QED) is 0.936. The number of hydrogen-bond acceptors (Lipinski definition) is 4. The lowest BCUT2D eigenvalue weighted by Gasteiger charge is -2.38. The summed E-state index contributed by atoms with van der Waals surface area (Å²) in [6.45, 7) is 6.15. The minimum absolute atomic E-state index is 0.0206. The number of nitrogens with zero attached hydrogens (tertiary/aromatic N) is 3. The zero-order valence-electron chi connectivity index (χ0n) is 14.7. The van der Waals surface area contributed by atoms with E-state index in [1.165, 1.54) is 0 Å². The molecule has 1 N–H and O–H groups in total. The van der Waals surface area contributed by atoms with Gasteiger partial charge in [-0.2, -0.15) is 0 Å². The lowest BCUT2D eigenvalue weighted by Crippen LogP contribution is -2.41. The Morgan fingerprint density at radius 2 is 2.25 bits per heavy atom. The number of carbonyl (C=O) groups is 1. The molecule has 0 spiro atoms. The highest BCUT2D eigenvalue weighted by molar-refractivity contribution is 5.76. The van der Waals surface area contributed by atoms with Gasteiger partial charge in [0.1, 0.15) is 23.5 Å². The van der Waals surface area contributed by atoms with E-state index in [1.54, 1.807) is 6.33 Å². The van der Waals surface area contributed by atoms with Gasteiger partial charge in [0.15, 0.2) is 0 Å². The number of carbonyl (C=O) groups excluding carboxylic acids is 1. The van der Waals surface area contributed by atoms with Crippen LogP contribution in [0.3, 0.4) is 0 Å². The number of rotatable bonds is 4. The third kappa shape index (κ3) is 3.58. The largest absolute Gasteiger partial charge is 0.487 e. The van der Waals surface area contributed by atoms with Crippen molar-refractivity contribution in [1.82, 2.24) is 20.1 Å². The number of amides is 1. The fourth-order valence-electron chi connectivity index (χ4n) is 3.11. The van der Waals surface area contributed by atoms with Crippen LogP contribution < -0.4 is 10.1 Å². The average molecular weight is 328 g/mol. The van der Waals surface area contributed by atoms with Crippen molar-refractivity contribution in [1.29, 1.82) is 0 Å². The van der Waals surface area contributed by atoms with Gasteiger partial charge in [-0.25, -0.2) is 0 Å². The molecule has 1 aromatic carbocycles. The Hall–Kier alpha value is -2.37. The molecule has 6 nitrogen and oxygen atoms in total. The van der Waals surface area contributed by atoms with Gasteiger partial charge in [-0.05, 0) is 32.4 Å². The van der Waals surface area contributed by atoms with E-state index in [-0.39, 0.29) is 17.6 Å². The van der Waals surface area contributed by atoms with Gasteiger partial charge in [0.05, 0.1) is 6.04 Å². The molecule has 2 aromatic rings. The molecule has 1 atom stereocenters. The van der Waals surface area contributed by atoms with E-state index in [0.717, 1.165) is 29.1 Å². The Bertz CT molecular complexity index is 751. The van der Waals surface area contributed by atoms with Crippen LogP contribution in [0.25, 0.3) is 0 Å². The Kier molecular flexibility index (Phi) is 4.30. The van der Waals surface area contributed by atoms with Crippen molar-refractivity contribution in [3.63, 3.8) is 0 Å². The highest BCUT2D eigenvalue weighted by Crippen LogP contribution is 2.39. The molecule has 0 bridgehead atoms. The number of hydrogen-bond donors (Lipinski definition) is 1. The number of aromatic nitrogens is 3. The molecule has 2 heterocycles. The zero-order chi connectivity index (χ0) is 17.3. The summed E-state index contributed by atoms with van der Waals surface area (Å²) in [5, 5.41) is 11.0. The average Bonchev–Trinajstić information content (AvgIpc) is 2.88. The fraction of sp³-hybridized carbons (Fsp3) is 0.500. The molecule has 1 amide bonds. The SMILES string of the molecule is Cc1ccc2c(c1)OC(C)(C)CC2NC(=O)CCc1nncn1C. The van der Waals surface area contributed by atoms with Crippen LogP contribution >= 0.6 is 0 Å². The van der Waals surface area contributed by atoms with E-state index in [0.29, 0.717) is 12.8 Å². The normalized spacial score (nSPS) is 18.6. The summed E-state index contributed by atoms with van der Waals surface area (Å²) in [6.07, 6.45) is 3.37. The molecular weight excluding hydrogens is 304 g/mol. The highest BCUT2D eigenvalue weighted by Gasteiger charge is 2.34. The van der Waals surface area contributed by atoms with E-state index >= 15 is 0 Å². The molecular formula is C18H24N4O2. The van der Waals surface area contributed by atoms with Gasteiger partial charge in [-0.3, -0.25) is 4.79 Å². The summed E-state index contributed by atoms with van der Waals surface area (Å²) < 4.78 is 7.91. The van der Waals surface area contributed by atoms with E-state index < -0.39 is 0 Å². The third-order valence-corrected chi connectivity index (χ3v) is 4.34. The number of benzene rings is 1. The Balaban J connectivity index is 1.70. The van der Waals surface area contributed by atoms with Crippen LogP contribution in [-0.4, -0.2) is 26.3 Å². The topological polar surface area (TPSA) is 69.0 Å². The molecule has 24 heavy (non-hydrogen) atoms. The van der Waals surface area contributed by atoms with Crippen molar-refractivity contribution >= 4 is 5.91 Å². The highest BCUT2D eigenvalue weighted by atomic mass is 16.5. The molecule has 0 radical (unpaired) electrons. The van der Waals surface area contributed by atoms with Gasteiger partial charge in [-0.15, -0.1) is 10.2 Å². The van der Waals surface area contributed by atoms with E-state index in [2.05, 4.69) is 35.4 Å². The maximum Gasteiger partial charge on any atom is 0.220 e. The van der Waals surface area contributed by atoms with Crippen LogP contribution in [0.15, 0.2) is 24.5 Å². The minimum Gasteiger partial charge on any atom is -0.487 e. The van der Waals surface area contributed by atoms with Crippen molar-refractivity contribution in [2.45, 2.75) is 51.7 Å². The van der Waals surface area contributed by atoms with Crippen molar-refractivity contribution in [3.05, 3.63) is 41.5 Å². The van der Waals surface area contributed by atoms with Crippen LogP contribution in [0.2, 0.25) is 0 Å². The van der Waals surface area contributed by atoms with E-state index in [4.69, 9.17) is 4.74 Å². The molecule has 1 aliphatic rings. The minimum atomic E-state index is -0.303. The Labute approximate surface area is 142 Å². The lowest BCUT2D eigenvalue weighted by atomic mass is 9.89. The maximum absolute atomic E-state index is 12.4. The molecule has 0 saturated heterocycles. The van der Waals surface area contributed by atoms with Gasteiger partial charge in [0, 0.05) is 31.9 Å². The fourth-order valence-corrected chi connectivity index (χ4v) is 3.11. The zero-order valence-corrected chi connectivity index (χ0v) is 14.7. The molecule has 3 rings (SSSR count). The second-order valence-corrected chi connectivity index (χ2v) is 7.09. The second-order valence-electron chi connectivity index (χ2n) is 7.09. The standard InChI is InChI=1S/C18H24N4O2/c1-12-5-6-13-14(10-18(2,3)24-15(13)9-12)20-17(23)8-7-16-21-19-11-22(16)4/h5-6,9,11,14H,7-8,10H2,1-4H3,(H,20,23). The van der Waals surface area contributed by atoms with Crippen LogP contribution in [0, 0.1) is 6.92 Å². The van der Waals surface area contributed by atoms with E-state index in [9.17, 15) is 4.79 Å². The van der Waals surface area contributed by atoms with Crippen LogP contribution in [0.1, 0.15) is 49.7 Å². The van der Waals surface area contributed by atoms with Gasteiger partial charge in [-0.1, -0.05) is 12.1 Å². The number of fused-ring (bicyclic) bond motifs is 1. The smallest absolute Gasteiger partial charge is 0.220 e. The van der Waals surface area contributed by atoms with Gasteiger partial charge in [0.2, 0.25) is 5.91 Å². The summed E-state index contributed by atoms with van der Waals surface area (Å²) in [5.74, 6) is 1.70. The first kappa shape index (κ1) is 16.5. The molecule has 0 aliphatic carbocycles. The van der Waals surface area contributed by atoms with Crippen molar-refractivity contribution < 1.29 is 9.53 Å². The summed E-state index contributed by atoms with van der Waals surface area (Å²) >= 11 is 0. The lowest BCUT2D eigenvalue weighted by molar-refractivity contribution is -0.122. The summed E-state index contributed by atoms with van der Waals surface area (Å²) in [7, 11) is 1.88. The summed E-state index contributed by atoms with van der Waals surface area (Å²) in [5.41, 5.74) is 1.90. The molecule has 6 heteroatoms. The molecule has 1 aromatic heterocycles. The molecule has 0 saturated carbocycles. The second kappa shape index (κ2) is 6.26. The first-order valence-corrected chi connectivity index (χ1v) is 8.26. The molecule has 128 valence electrons. The summed E-state index contributed by atoms with van der Waals surface area (Å²) in [4.78, 5) is 12.4. The number of ether oxygens (including phenoxy) is 1. The third-order valence-electron chi connectivity index (χ3n) is 4.34. The Morgan fingerprint density at radius 1 is 1.46 bits per heavy atom. The van der Waals surface area contributed by atoms with Crippen LogP contribution in [-0.2, 0) is 18.3 Å². The van der Waals surface area contributed by atoms with Crippen molar-refractivity contribution in [2.24, 2.45) is 7.05 Å². The summed E-state index contributed by atoms with van der Waals surface area (Å²) in [6, 6.07) is 6.11. The predicted octanol–water partition coefficient (Wildman–Crippen LogP) is 2.47. The van der Waals surface area contributed by atoms with Crippen molar-refractivity contribution in [3.8, 4) is 5.75 Å². The molecule has 0 fully saturated rings. The van der Waals surface area contributed by atoms with Crippen molar-refractivity contribution in [2.75, 3.05) is 0 Å². The van der Waals surface area contributed by atoms with E-state index in [1.807, 2.05) is 30.7 Å². The number of aryl methyl sites for hydroxylation is 3. The first-order valence-electron chi connectivity index (χ1n) is 8.26. The van der Waals surface area contributed by atoms with Crippen LogP contribution in [0.4, 0.5) is 0 Å². The van der Waals surface area contributed by atoms with Gasteiger partial charge in [0.25, 0.3) is 0 Å². The predicted molar refractivity (Wildman–Crippen MR) is 90.7 cm³/mol. The number of nitrogens with one attached hydrogen (secondary N) is 1. The Morgan fingerprint density at radius 3 is 2.96 bits per heavy atom. The first-order chi connectivity index (χ1) is 11.3. The van der Waals surface area contributed by atoms with Gasteiger partial charge >= 0.3 is 0 Å². The van der Waals surface area contributed by atoms with Gasteiger partial charge < -0.3 is 14.6 Å². The molecule has 1 unspecified atom stereocenters. The monoisotopic (exact) mass is 328 g/mol. The van der Waals surface area contributed by atoms with Crippen LogP contribution in [0.5, 0.6) is 5.75 Å². The molecule has 1 aliphatic heterocycles. The maximum atomic E-state index is 12.4.